The van der Waals surface area contributed by atoms with E-state index < -0.39 is 18.1 Å². The highest BCUT2D eigenvalue weighted by Gasteiger charge is 2.43. The summed E-state index contributed by atoms with van der Waals surface area (Å²) < 4.78 is 5.93. The number of carbonyl (C=O) groups is 2. The number of benzene rings is 3. The molecular weight excluding hydrogens is 843 g/mol. The molecule has 0 radical (unpaired) electrons. The van der Waals surface area contributed by atoms with Gasteiger partial charge < -0.3 is 29.9 Å². The van der Waals surface area contributed by atoms with Crippen LogP contribution in [0.3, 0.4) is 0 Å². The lowest BCUT2D eigenvalue weighted by Crippen LogP contribution is -2.48. The van der Waals surface area contributed by atoms with Crippen LogP contribution in [0.1, 0.15) is 90.9 Å². The van der Waals surface area contributed by atoms with Crippen LogP contribution in [0.5, 0.6) is 5.75 Å². The van der Waals surface area contributed by atoms with Crippen LogP contribution in [-0.2, 0) is 9.59 Å². The highest BCUT2D eigenvalue weighted by Crippen LogP contribution is 2.42. The lowest BCUT2D eigenvalue weighted by Gasteiger charge is -2.34. The maximum atomic E-state index is 14.4. The van der Waals surface area contributed by atoms with E-state index in [1.165, 1.54) is 21.0 Å². The number of amides is 2. The average molecular weight is 896 g/mol. The summed E-state index contributed by atoms with van der Waals surface area (Å²) in [7, 11) is 0. The van der Waals surface area contributed by atoms with Gasteiger partial charge in [-0.05, 0) is 105 Å². The van der Waals surface area contributed by atoms with Gasteiger partial charge in [0.15, 0.2) is 0 Å². The SMILES string of the molecule is Cc1cc(-c2cc(C(C(=O)N3C[C@H](O)C[C@H]3C(=O)N[C@@H](C)c3ccc(-c4scnc4C)cc3)C(C)C)on2)ccc1N1CCC(c2sc3nnc(-c4ccccc4O)cc3c2C)CC1. The number of aromatic nitrogens is 4. The maximum Gasteiger partial charge on any atom is 0.243 e. The number of para-hydroxylation sites is 1. The minimum Gasteiger partial charge on any atom is -0.507 e. The molecule has 6 heterocycles. The van der Waals surface area contributed by atoms with Gasteiger partial charge in [-0.25, -0.2) is 4.98 Å². The second-order valence-corrected chi connectivity index (χ2v) is 19.6. The summed E-state index contributed by atoms with van der Waals surface area (Å²) in [5, 5.41) is 38.8. The number of anilines is 1. The van der Waals surface area contributed by atoms with Crippen LogP contribution < -0.4 is 10.2 Å². The van der Waals surface area contributed by atoms with Crippen molar-refractivity contribution in [2.24, 2.45) is 5.92 Å². The number of β-amino-alcohol motifs (C(OH)–C–C–N with tert-alkyl or cyclic N) is 1. The number of aryl methyl sites for hydroxylation is 3. The molecule has 3 aromatic carbocycles. The number of rotatable bonds is 11. The van der Waals surface area contributed by atoms with Gasteiger partial charge in [0.2, 0.25) is 11.8 Å². The molecule has 12 nitrogen and oxygen atoms in total. The number of nitrogens with zero attached hydrogens (tertiary/aromatic N) is 6. The molecule has 4 atom stereocenters. The number of hydrogen-bond donors (Lipinski definition) is 3. The van der Waals surface area contributed by atoms with E-state index >= 15 is 0 Å². The first kappa shape index (κ1) is 43.3. The minimum absolute atomic E-state index is 0.0659. The van der Waals surface area contributed by atoms with Crippen LogP contribution in [0, 0.1) is 26.7 Å². The van der Waals surface area contributed by atoms with Crippen LogP contribution >= 0.6 is 22.7 Å². The van der Waals surface area contributed by atoms with Crippen molar-refractivity contribution in [3.05, 3.63) is 117 Å². The number of carbonyl (C=O) groups excluding carboxylic acids is 2. The summed E-state index contributed by atoms with van der Waals surface area (Å²) in [6, 6.07) is 24.4. The third-order valence-corrected chi connectivity index (χ3v) is 15.4. The summed E-state index contributed by atoms with van der Waals surface area (Å²) in [6.45, 7) is 14.0. The third kappa shape index (κ3) is 8.41. The summed E-state index contributed by atoms with van der Waals surface area (Å²) in [5.74, 6) is -0.370. The summed E-state index contributed by atoms with van der Waals surface area (Å²) in [5.41, 5.74) is 11.3. The molecule has 4 aromatic heterocycles. The molecule has 2 saturated heterocycles. The molecule has 3 N–H and O–H groups in total. The normalized spacial score (nSPS) is 17.9. The second kappa shape index (κ2) is 17.9. The maximum absolute atomic E-state index is 14.4. The molecule has 0 spiro atoms. The molecule has 0 saturated carbocycles. The lowest BCUT2D eigenvalue weighted by molar-refractivity contribution is -0.141. The quantitative estimate of drug-likeness (QED) is 0.114. The Labute approximate surface area is 381 Å². The topological polar surface area (TPSA) is 158 Å². The third-order valence-electron chi connectivity index (χ3n) is 13.0. The Morgan fingerprint density at radius 2 is 1.66 bits per heavy atom. The van der Waals surface area contributed by atoms with Crippen LogP contribution in [0.2, 0.25) is 0 Å². The number of hydrogen-bond acceptors (Lipinski definition) is 12. The zero-order valence-electron chi connectivity index (χ0n) is 36.9. The van der Waals surface area contributed by atoms with Crippen LogP contribution in [-0.4, -0.2) is 79.0 Å². The van der Waals surface area contributed by atoms with Crippen molar-refractivity contribution < 1.29 is 24.3 Å². The van der Waals surface area contributed by atoms with Gasteiger partial charge in [-0.3, -0.25) is 9.59 Å². The molecule has 0 aliphatic carbocycles. The number of aromatic hydroxyl groups is 1. The lowest BCUT2D eigenvalue weighted by atomic mass is 9.90. The number of piperidine rings is 1. The minimum atomic E-state index is -0.819. The first-order chi connectivity index (χ1) is 30.8. The van der Waals surface area contributed by atoms with Crippen molar-refractivity contribution in [3.63, 3.8) is 0 Å². The number of nitrogens with one attached hydrogen (secondary N) is 1. The smallest absolute Gasteiger partial charge is 0.243 e. The Kier molecular flexibility index (Phi) is 12.1. The molecule has 7 aromatic rings. The first-order valence-corrected chi connectivity index (χ1v) is 23.7. The number of likely N-dealkylation sites (tertiary alicyclic amines) is 1. The van der Waals surface area contributed by atoms with E-state index in [0.717, 1.165) is 69.0 Å². The van der Waals surface area contributed by atoms with Gasteiger partial charge >= 0.3 is 0 Å². The van der Waals surface area contributed by atoms with Crippen molar-refractivity contribution in [1.29, 1.82) is 0 Å². The number of aliphatic hydroxyl groups is 1. The predicted octanol–water partition coefficient (Wildman–Crippen LogP) is 9.73. The highest BCUT2D eigenvalue weighted by atomic mass is 32.1. The van der Waals surface area contributed by atoms with E-state index in [2.05, 4.69) is 68.7 Å². The van der Waals surface area contributed by atoms with Gasteiger partial charge in [-0.2, -0.15) is 0 Å². The zero-order chi connectivity index (χ0) is 44.8. The van der Waals surface area contributed by atoms with Gasteiger partial charge in [-0.1, -0.05) is 61.5 Å². The number of thiophene rings is 1. The van der Waals surface area contributed by atoms with E-state index in [0.29, 0.717) is 28.6 Å². The predicted molar refractivity (Wildman–Crippen MR) is 253 cm³/mol. The molecule has 330 valence electrons. The van der Waals surface area contributed by atoms with E-state index in [1.807, 2.05) is 75.7 Å². The molecule has 0 bridgehead atoms. The van der Waals surface area contributed by atoms with Crippen molar-refractivity contribution in [2.75, 3.05) is 24.5 Å². The summed E-state index contributed by atoms with van der Waals surface area (Å²) >= 11 is 3.33. The van der Waals surface area contributed by atoms with Crippen molar-refractivity contribution in [2.45, 2.75) is 90.8 Å². The highest BCUT2D eigenvalue weighted by molar-refractivity contribution is 7.19. The number of phenols is 1. The molecule has 14 heteroatoms. The van der Waals surface area contributed by atoms with Crippen LogP contribution in [0.15, 0.2) is 88.9 Å². The largest absolute Gasteiger partial charge is 0.507 e. The van der Waals surface area contributed by atoms with Crippen molar-refractivity contribution >= 4 is 50.4 Å². The van der Waals surface area contributed by atoms with E-state index in [1.54, 1.807) is 34.8 Å². The Morgan fingerprint density at radius 3 is 2.36 bits per heavy atom. The Bertz CT molecular complexity index is 2820. The number of fused-ring (bicyclic) bond motifs is 1. The molecule has 2 amide bonds. The van der Waals surface area contributed by atoms with E-state index in [-0.39, 0.29) is 42.5 Å². The van der Waals surface area contributed by atoms with E-state index in [9.17, 15) is 19.8 Å². The molecule has 9 rings (SSSR count). The Hall–Kier alpha value is -5.96. The summed E-state index contributed by atoms with van der Waals surface area (Å²) in [4.78, 5) is 39.9. The number of thiazole rings is 1. The number of aliphatic hydroxyl groups excluding tert-OH is 1. The van der Waals surface area contributed by atoms with Gasteiger partial charge in [0.1, 0.15) is 34.0 Å². The first-order valence-electron chi connectivity index (χ1n) is 22.0. The van der Waals surface area contributed by atoms with Gasteiger partial charge in [0.05, 0.1) is 33.9 Å². The molecule has 2 aliphatic rings. The fourth-order valence-corrected chi connectivity index (χ4v) is 11.6. The fourth-order valence-electron chi connectivity index (χ4n) is 9.49. The van der Waals surface area contributed by atoms with Crippen molar-refractivity contribution in [3.8, 4) is 38.7 Å². The van der Waals surface area contributed by atoms with Gasteiger partial charge in [0, 0.05) is 59.2 Å². The molecule has 2 fully saturated rings. The molecule has 1 unspecified atom stereocenters. The van der Waals surface area contributed by atoms with Crippen molar-refractivity contribution in [1.82, 2.24) is 30.6 Å². The fraction of sp³-hybridized carbons (Fsp3) is 0.360. The Balaban J connectivity index is 0.847. The zero-order valence-corrected chi connectivity index (χ0v) is 38.5. The standard InChI is InChI=1S/C50H53N7O5S2/c1-27(2)45(50(61)57-25-36(58)22-42(57)48(60)52-30(5)32-11-13-33(14-12-32)47-31(6)51-26-63-47)44-24-39(55-62-44)35-15-16-41(28(3)21-35)56-19-17-34(18-20-56)46-29(4)38-23-40(53-54-49(38)64-46)37-9-7-8-10-43(37)59/h7-16,21,23-24,26-27,30,34,36,42,45,58-59H,17-20,22,25H2,1-6H3,(H,52,60)/t30-,36+,42-,45?/m0/s1. The Morgan fingerprint density at radius 1 is 0.906 bits per heavy atom. The second-order valence-electron chi connectivity index (χ2n) is 17.7. The van der Waals surface area contributed by atoms with Crippen LogP contribution in [0.4, 0.5) is 5.69 Å². The van der Waals surface area contributed by atoms with Gasteiger partial charge in [0.25, 0.3) is 0 Å². The monoisotopic (exact) mass is 895 g/mol. The number of phenolic OH excluding ortho intramolecular Hbond substituents is 1. The average Bonchev–Trinajstić information content (AvgIpc) is 4.11. The molecular formula is C50H53N7O5S2. The molecule has 2 aliphatic heterocycles. The van der Waals surface area contributed by atoms with E-state index in [4.69, 9.17) is 4.52 Å². The molecule has 64 heavy (non-hydrogen) atoms. The van der Waals surface area contributed by atoms with Crippen LogP contribution in [0.25, 0.3) is 43.2 Å². The summed E-state index contributed by atoms with van der Waals surface area (Å²) in [6.07, 6.45) is 1.38. The van der Waals surface area contributed by atoms with Gasteiger partial charge in [-0.15, -0.1) is 32.9 Å².